The van der Waals surface area contributed by atoms with Gasteiger partial charge in [0.15, 0.2) is 0 Å². The zero-order valence-corrected chi connectivity index (χ0v) is 10.7. The zero-order valence-electron chi connectivity index (χ0n) is 10.7. The second-order valence-electron chi connectivity index (χ2n) is 4.22. The van der Waals surface area contributed by atoms with Gasteiger partial charge in [0.2, 0.25) is 0 Å². The van der Waals surface area contributed by atoms with Crippen molar-refractivity contribution in [2.24, 2.45) is 0 Å². The maximum absolute atomic E-state index is 5.06. The Labute approximate surface area is 107 Å². The predicted molar refractivity (Wildman–Crippen MR) is 70.9 cm³/mol. The van der Waals surface area contributed by atoms with Gasteiger partial charge in [-0.1, -0.05) is 5.21 Å². The Balaban J connectivity index is 1.95. The molecule has 0 spiro atoms. The highest BCUT2D eigenvalue weighted by molar-refractivity contribution is 5.48. The second kappa shape index (κ2) is 6.16. The highest BCUT2D eigenvalue weighted by atomic mass is 16.5. The van der Waals surface area contributed by atoms with E-state index in [9.17, 15) is 0 Å². The summed E-state index contributed by atoms with van der Waals surface area (Å²) in [7, 11) is 1.72. The Morgan fingerprint density at radius 1 is 1.33 bits per heavy atom. The summed E-state index contributed by atoms with van der Waals surface area (Å²) in [4.78, 5) is 0. The molecule has 1 heterocycles. The van der Waals surface area contributed by atoms with Crippen molar-refractivity contribution < 1.29 is 4.74 Å². The Kier molecular flexibility index (Phi) is 4.30. The molecule has 0 unspecified atom stereocenters. The van der Waals surface area contributed by atoms with Crippen LogP contribution in [0.15, 0.2) is 36.7 Å². The molecule has 0 bridgehead atoms. The SMILES string of the molecule is COCC[C@@H](C)Nc1ccc(-n2ccnn2)cc1. The molecule has 1 atom stereocenters. The maximum atomic E-state index is 5.06. The third-order valence-corrected chi connectivity index (χ3v) is 2.72. The van der Waals surface area contributed by atoms with Gasteiger partial charge in [-0.15, -0.1) is 5.10 Å². The smallest absolute Gasteiger partial charge is 0.0697 e. The standard InChI is InChI=1S/C13H18N4O/c1-11(7-10-18-2)15-12-3-5-13(6-4-12)17-9-8-14-16-17/h3-6,8-9,11,15H,7,10H2,1-2H3/t11-/m1/s1. The fourth-order valence-electron chi connectivity index (χ4n) is 1.71. The number of nitrogens with one attached hydrogen (secondary N) is 1. The molecule has 0 amide bonds. The van der Waals surface area contributed by atoms with E-state index in [1.54, 1.807) is 18.0 Å². The molecule has 2 aromatic rings. The van der Waals surface area contributed by atoms with E-state index in [-0.39, 0.29) is 0 Å². The highest BCUT2D eigenvalue weighted by Gasteiger charge is 2.02. The predicted octanol–water partition coefficient (Wildman–Crippen LogP) is 2.10. The molecule has 0 aliphatic rings. The average molecular weight is 246 g/mol. The summed E-state index contributed by atoms with van der Waals surface area (Å²) >= 11 is 0. The molecule has 5 nitrogen and oxygen atoms in total. The van der Waals surface area contributed by atoms with Crippen LogP contribution in [0, 0.1) is 0 Å². The van der Waals surface area contributed by atoms with Gasteiger partial charge in [0.05, 0.1) is 18.1 Å². The molecule has 0 aliphatic heterocycles. The number of anilines is 1. The molecular weight excluding hydrogens is 228 g/mol. The Hall–Kier alpha value is -1.88. The van der Waals surface area contributed by atoms with Crippen LogP contribution in [-0.2, 0) is 4.74 Å². The summed E-state index contributed by atoms with van der Waals surface area (Å²) in [5.74, 6) is 0. The Morgan fingerprint density at radius 3 is 2.72 bits per heavy atom. The molecule has 1 N–H and O–H groups in total. The van der Waals surface area contributed by atoms with Crippen LogP contribution >= 0.6 is 0 Å². The lowest BCUT2D eigenvalue weighted by Crippen LogP contribution is -2.17. The van der Waals surface area contributed by atoms with Crippen molar-refractivity contribution in [1.29, 1.82) is 0 Å². The van der Waals surface area contributed by atoms with Gasteiger partial charge in [0.1, 0.15) is 0 Å². The maximum Gasteiger partial charge on any atom is 0.0697 e. The van der Waals surface area contributed by atoms with Crippen molar-refractivity contribution in [1.82, 2.24) is 15.0 Å². The molecule has 1 aromatic heterocycles. The monoisotopic (exact) mass is 246 g/mol. The van der Waals surface area contributed by atoms with Crippen LogP contribution in [0.4, 0.5) is 5.69 Å². The van der Waals surface area contributed by atoms with Crippen molar-refractivity contribution in [3.8, 4) is 5.69 Å². The molecular formula is C13H18N4O. The molecule has 0 saturated heterocycles. The van der Waals surface area contributed by atoms with Gasteiger partial charge in [-0.3, -0.25) is 0 Å². The summed E-state index contributed by atoms with van der Waals surface area (Å²) in [6.45, 7) is 2.91. The van der Waals surface area contributed by atoms with Gasteiger partial charge in [-0.25, -0.2) is 4.68 Å². The van der Waals surface area contributed by atoms with E-state index in [1.807, 2.05) is 30.5 Å². The minimum Gasteiger partial charge on any atom is -0.385 e. The van der Waals surface area contributed by atoms with Gasteiger partial charge >= 0.3 is 0 Å². The Bertz CT molecular complexity index is 452. The van der Waals surface area contributed by atoms with Crippen molar-refractivity contribution >= 4 is 5.69 Å². The van der Waals surface area contributed by atoms with Crippen molar-refractivity contribution in [3.63, 3.8) is 0 Å². The third kappa shape index (κ3) is 3.30. The topological polar surface area (TPSA) is 52.0 Å². The summed E-state index contributed by atoms with van der Waals surface area (Å²) in [6, 6.07) is 8.50. The average Bonchev–Trinajstić information content (AvgIpc) is 2.91. The first-order valence-corrected chi connectivity index (χ1v) is 6.02. The quantitative estimate of drug-likeness (QED) is 0.848. The van der Waals surface area contributed by atoms with Crippen LogP contribution in [0.5, 0.6) is 0 Å². The van der Waals surface area contributed by atoms with Crippen LogP contribution in [0.1, 0.15) is 13.3 Å². The van der Waals surface area contributed by atoms with E-state index in [4.69, 9.17) is 4.74 Å². The Morgan fingerprint density at radius 2 is 2.11 bits per heavy atom. The van der Waals surface area contributed by atoms with E-state index >= 15 is 0 Å². The molecule has 0 saturated carbocycles. The molecule has 18 heavy (non-hydrogen) atoms. The van der Waals surface area contributed by atoms with Crippen LogP contribution in [0.2, 0.25) is 0 Å². The molecule has 0 radical (unpaired) electrons. The minimum atomic E-state index is 0.391. The van der Waals surface area contributed by atoms with Crippen molar-refractivity contribution in [3.05, 3.63) is 36.7 Å². The number of ether oxygens (including phenoxy) is 1. The summed E-state index contributed by atoms with van der Waals surface area (Å²) in [5, 5.41) is 11.2. The number of nitrogens with zero attached hydrogens (tertiary/aromatic N) is 3. The molecule has 5 heteroatoms. The van der Waals surface area contributed by atoms with Crippen molar-refractivity contribution in [2.45, 2.75) is 19.4 Å². The summed E-state index contributed by atoms with van der Waals surface area (Å²) in [5.41, 5.74) is 2.10. The lowest BCUT2D eigenvalue weighted by Gasteiger charge is -2.14. The van der Waals surface area contributed by atoms with Gasteiger partial charge in [0, 0.05) is 25.4 Å². The van der Waals surface area contributed by atoms with Crippen LogP contribution in [0.3, 0.4) is 0 Å². The number of aromatic nitrogens is 3. The van der Waals surface area contributed by atoms with Gasteiger partial charge in [-0.2, -0.15) is 0 Å². The lowest BCUT2D eigenvalue weighted by molar-refractivity contribution is 0.191. The van der Waals surface area contributed by atoms with Crippen LogP contribution in [0.25, 0.3) is 5.69 Å². The molecule has 2 rings (SSSR count). The first-order chi connectivity index (χ1) is 8.79. The fraction of sp³-hybridized carbons (Fsp3) is 0.385. The van der Waals surface area contributed by atoms with E-state index in [1.165, 1.54) is 0 Å². The normalized spacial score (nSPS) is 12.3. The third-order valence-electron chi connectivity index (χ3n) is 2.72. The largest absolute Gasteiger partial charge is 0.385 e. The number of benzene rings is 1. The van der Waals surface area contributed by atoms with E-state index in [0.717, 1.165) is 24.4 Å². The molecule has 96 valence electrons. The zero-order chi connectivity index (χ0) is 12.8. The second-order valence-corrected chi connectivity index (χ2v) is 4.22. The first-order valence-electron chi connectivity index (χ1n) is 6.02. The molecule has 0 fully saturated rings. The first kappa shape index (κ1) is 12.6. The summed E-state index contributed by atoms with van der Waals surface area (Å²) in [6.07, 6.45) is 4.48. The highest BCUT2D eigenvalue weighted by Crippen LogP contribution is 2.13. The van der Waals surface area contributed by atoms with E-state index in [2.05, 4.69) is 22.6 Å². The van der Waals surface area contributed by atoms with Crippen molar-refractivity contribution in [2.75, 3.05) is 19.0 Å². The van der Waals surface area contributed by atoms with E-state index < -0.39 is 0 Å². The number of hydrogen-bond acceptors (Lipinski definition) is 4. The number of rotatable bonds is 6. The van der Waals surface area contributed by atoms with Crippen LogP contribution in [-0.4, -0.2) is 34.8 Å². The van der Waals surface area contributed by atoms with Crippen LogP contribution < -0.4 is 5.32 Å². The van der Waals surface area contributed by atoms with Gasteiger partial charge in [0.25, 0.3) is 0 Å². The number of methoxy groups -OCH3 is 1. The number of hydrogen-bond donors (Lipinski definition) is 1. The summed E-state index contributed by atoms with van der Waals surface area (Å²) < 4.78 is 6.79. The fourth-order valence-corrected chi connectivity index (χ4v) is 1.71. The van der Waals surface area contributed by atoms with Gasteiger partial charge < -0.3 is 10.1 Å². The minimum absolute atomic E-state index is 0.391. The molecule has 1 aromatic carbocycles. The van der Waals surface area contributed by atoms with Gasteiger partial charge in [-0.05, 0) is 37.6 Å². The lowest BCUT2D eigenvalue weighted by atomic mass is 10.2. The molecule has 0 aliphatic carbocycles. The van der Waals surface area contributed by atoms with E-state index in [0.29, 0.717) is 6.04 Å².